The molecule has 0 saturated heterocycles. The van der Waals surface area contributed by atoms with Gasteiger partial charge in [0.15, 0.2) is 8.32 Å². The lowest BCUT2D eigenvalue weighted by atomic mass is 9.84. The number of rotatable bonds is 4. The van der Waals surface area contributed by atoms with Crippen LogP contribution in [0.4, 0.5) is 5.82 Å². The summed E-state index contributed by atoms with van der Waals surface area (Å²) in [6.45, 7) is 8.46. The number of anilines is 1. The predicted octanol–water partition coefficient (Wildman–Crippen LogP) is 3.61. The maximum atomic E-state index is 10.5. The van der Waals surface area contributed by atoms with Crippen molar-refractivity contribution >= 4 is 19.7 Å². The van der Waals surface area contributed by atoms with Crippen LogP contribution in [0.3, 0.4) is 0 Å². The molecule has 0 amide bonds. The van der Waals surface area contributed by atoms with Gasteiger partial charge >= 0.3 is 0 Å². The molecule has 116 valence electrons. The summed E-state index contributed by atoms with van der Waals surface area (Å²) in [5.41, 5.74) is 7.81. The summed E-state index contributed by atoms with van der Waals surface area (Å²) in [6.07, 6.45) is 10.2. The van der Waals surface area contributed by atoms with Crippen molar-refractivity contribution in [3.8, 4) is 0 Å². The fourth-order valence-electron chi connectivity index (χ4n) is 2.79. The summed E-state index contributed by atoms with van der Waals surface area (Å²) in [5, 5.41) is 0.0173. The minimum atomic E-state index is -2.15. The van der Waals surface area contributed by atoms with Crippen LogP contribution in [-0.2, 0) is 0 Å². The molecular weight excluding hydrogens is 278 g/mol. The Hall–Kier alpha value is -1.20. The Morgan fingerprint density at radius 1 is 1.33 bits per heavy atom. The maximum absolute atomic E-state index is 10.5. The van der Waals surface area contributed by atoms with Crippen molar-refractivity contribution < 1.29 is 4.80 Å². The Morgan fingerprint density at radius 3 is 2.62 bits per heavy atom. The molecule has 4 nitrogen and oxygen atoms in total. The van der Waals surface area contributed by atoms with E-state index in [1.165, 1.54) is 18.4 Å². The van der Waals surface area contributed by atoms with E-state index in [4.69, 9.17) is 5.73 Å². The standard InChI is InChI=1S/C16H27N3OSi/c1-16(2,21(3,4)20)9-12-6-5-7-13(8-12)14-10-19-15(17)11-18-14/h8,10-12,20H,5-7,9H2,1-4H3,(H2,17,19). The van der Waals surface area contributed by atoms with Gasteiger partial charge in [0.25, 0.3) is 0 Å². The normalized spacial score (nSPS) is 20.2. The van der Waals surface area contributed by atoms with Crippen molar-refractivity contribution in [2.45, 2.75) is 57.7 Å². The molecule has 1 atom stereocenters. The third-order valence-corrected chi connectivity index (χ3v) is 8.40. The van der Waals surface area contributed by atoms with E-state index in [0.717, 1.165) is 18.5 Å². The zero-order valence-corrected chi connectivity index (χ0v) is 14.6. The summed E-state index contributed by atoms with van der Waals surface area (Å²) in [6, 6.07) is 0. The monoisotopic (exact) mass is 305 g/mol. The van der Waals surface area contributed by atoms with E-state index < -0.39 is 8.32 Å². The van der Waals surface area contributed by atoms with Crippen molar-refractivity contribution in [1.29, 1.82) is 0 Å². The largest absolute Gasteiger partial charge is 0.432 e. The van der Waals surface area contributed by atoms with Gasteiger partial charge in [0.05, 0.1) is 18.1 Å². The molecule has 0 spiro atoms. The number of nitrogens with zero attached hydrogens (tertiary/aromatic N) is 2. The highest BCUT2D eigenvalue weighted by Crippen LogP contribution is 2.44. The molecule has 21 heavy (non-hydrogen) atoms. The first kappa shape index (κ1) is 16.2. The van der Waals surface area contributed by atoms with E-state index in [0.29, 0.717) is 11.7 Å². The van der Waals surface area contributed by atoms with Crippen LogP contribution in [0.15, 0.2) is 18.5 Å². The van der Waals surface area contributed by atoms with Gasteiger partial charge in [0, 0.05) is 0 Å². The topological polar surface area (TPSA) is 72.0 Å². The Morgan fingerprint density at radius 2 is 2.05 bits per heavy atom. The second kappa shape index (κ2) is 5.89. The summed E-state index contributed by atoms with van der Waals surface area (Å²) in [7, 11) is -2.15. The molecule has 1 aromatic rings. The van der Waals surface area contributed by atoms with E-state index in [1.54, 1.807) is 12.4 Å². The highest BCUT2D eigenvalue weighted by atomic mass is 28.4. The molecule has 0 saturated carbocycles. The van der Waals surface area contributed by atoms with Crippen LogP contribution in [0.5, 0.6) is 0 Å². The Bertz CT molecular complexity index is 517. The second-order valence-corrected chi connectivity index (χ2v) is 11.8. The molecule has 2 rings (SSSR count). The van der Waals surface area contributed by atoms with Gasteiger partial charge in [-0.3, -0.25) is 4.98 Å². The molecule has 0 fully saturated rings. The Kier molecular flexibility index (Phi) is 4.53. The molecule has 1 unspecified atom stereocenters. The van der Waals surface area contributed by atoms with Crippen LogP contribution in [0.2, 0.25) is 18.1 Å². The lowest BCUT2D eigenvalue weighted by molar-refractivity contribution is 0.390. The van der Waals surface area contributed by atoms with Crippen molar-refractivity contribution in [2.75, 3.05) is 5.73 Å². The molecule has 0 aliphatic heterocycles. The predicted molar refractivity (Wildman–Crippen MR) is 90.1 cm³/mol. The van der Waals surface area contributed by atoms with Gasteiger partial charge in [-0.25, -0.2) is 4.98 Å². The lowest BCUT2D eigenvalue weighted by Gasteiger charge is -2.38. The van der Waals surface area contributed by atoms with Crippen molar-refractivity contribution in [1.82, 2.24) is 9.97 Å². The zero-order valence-electron chi connectivity index (χ0n) is 13.6. The third kappa shape index (κ3) is 3.92. The van der Waals surface area contributed by atoms with E-state index in [1.807, 2.05) is 13.1 Å². The lowest BCUT2D eigenvalue weighted by Crippen LogP contribution is -2.40. The van der Waals surface area contributed by atoms with Gasteiger partial charge in [0.2, 0.25) is 0 Å². The number of nitrogen functional groups attached to an aromatic ring is 1. The smallest absolute Gasteiger partial charge is 0.188 e. The van der Waals surface area contributed by atoms with Crippen molar-refractivity contribution in [3.63, 3.8) is 0 Å². The third-order valence-electron chi connectivity index (χ3n) is 4.89. The summed E-state index contributed by atoms with van der Waals surface area (Å²) in [5.74, 6) is 0.975. The minimum Gasteiger partial charge on any atom is -0.432 e. The van der Waals surface area contributed by atoms with E-state index in [2.05, 4.69) is 29.9 Å². The number of hydrogen-bond acceptors (Lipinski definition) is 4. The van der Waals surface area contributed by atoms with Crippen LogP contribution in [-0.4, -0.2) is 23.1 Å². The zero-order chi connectivity index (χ0) is 15.7. The Labute approximate surface area is 128 Å². The van der Waals surface area contributed by atoms with Crippen LogP contribution in [0, 0.1) is 5.92 Å². The minimum absolute atomic E-state index is 0.0173. The first-order chi connectivity index (χ1) is 9.69. The Balaban J connectivity index is 2.16. The van der Waals surface area contributed by atoms with Gasteiger partial charge < -0.3 is 10.5 Å². The maximum Gasteiger partial charge on any atom is 0.188 e. The number of allylic oxidation sites excluding steroid dienone is 2. The highest BCUT2D eigenvalue weighted by Gasteiger charge is 2.39. The van der Waals surface area contributed by atoms with E-state index >= 15 is 0 Å². The van der Waals surface area contributed by atoms with Gasteiger partial charge in [-0.15, -0.1) is 0 Å². The first-order valence-electron chi connectivity index (χ1n) is 7.70. The quantitative estimate of drug-likeness (QED) is 0.834. The summed E-state index contributed by atoms with van der Waals surface area (Å²) < 4.78 is 0. The molecule has 1 aliphatic rings. The molecule has 0 aromatic carbocycles. The summed E-state index contributed by atoms with van der Waals surface area (Å²) >= 11 is 0. The van der Waals surface area contributed by atoms with Crippen LogP contribution >= 0.6 is 0 Å². The van der Waals surface area contributed by atoms with Crippen LogP contribution < -0.4 is 5.73 Å². The van der Waals surface area contributed by atoms with Gasteiger partial charge in [-0.2, -0.15) is 0 Å². The van der Waals surface area contributed by atoms with E-state index in [9.17, 15) is 4.80 Å². The van der Waals surface area contributed by atoms with Gasteiger partial charge in [-0.1, -0.05) is 19.9 Å². The SMILES string of the molecule is CC(C)(CC1C=C(c2cnc(N)cn2)CCC1)[Si](C)(C)O. The van der Waals surface area contributed by atoms with E-state index in [-0.39, 0.29) is 5.04 Å². The van der Waals surface area contributed by atoms with Crippen LogP contribution in [0.1, 0.15) is 45.2 Å². The number of nitrogens with two attached hydrogens (primary N) is 1. The first-order valence-corrected chi connectivity index (χ1v) is 10.6. The van der Waals surface area contributed by atoms with Crippen molar-refractivity contribution in [2.24, 2.45) is 5.92 Å². The van der Waals surface area contributed by atoms with Gasteiger partial charge in [0.1, 0.15) is 5.82 Å². The average Bonchev–Trinajstić information content (AvgIpc) is 2.38. The van der Waals surface area contributed by atoms with Crippen LogP contribution in [0.25, 0.3) is 5.57 Å². The molecule has 0 bridgehead atoms. The number of aromatic nitrogens is 2. The molecule has 3 N–H and O–H groups in total. The fourth-order valence-corrected chi connectivity index (χ4v) is 3.55. The van der Waals surface area contributed by atoms with Crippen molar-refractivity contribution in [3.05, 3.63) is 24.2 Å². The fraction of sp³-hybridized carbons (Fsp3) is 0.625. The summed E-state index contributed by atoms with van der Waals surface area (Å²) in [4.78, 5) is 19.0. The molecule has 1 aromatic heterocycles. The number of hydrogen-bond donors (Lipinski definition) is 2. The van der Waals surface area contributed by atoms with Gasteiger partial charge in [-0.05, 0) is 55.3 Å². The molecular formula is C16H27N3OSi. The molecule has 5 heteroatoms. The average molecular weight is 305 g/mol. The molecule has 0 radical (unpaired) electrons. The molecule has 1 heterocycles. The highest BCUT2D eigenvalue weighted by molar-refractivity contribution is 6.72. The molecule has 1 aliphatic carbocycles. The second-order valence-electron chi connectivity index (χ2n) is 7.32.